The number of β-amino-alcohol motifs (C(OH)–C–C–N with tert-alkyl or cyclic N) is 1. The Hall–Kier alpha value is -0.860. The van der Waals surface area contributed by atoms with Gasteiger partial charge < -0.3 is 20.2 Å². The molecule has 1 heterocycles. The molecule has 0 amide bonds. The van der Waals surface area contributed by atoms with E-state index >= 15 is 0 Å². The molecule has 24 heavy (non-hydrogen) atoms. The fourth-order valence-corrected chi connectivity index (χ4v) is 2.78. The highest BCUT2D eigenvalue weighted by Crippen LogP contribution is 2.11. The Bertz CT molecular complexity index is 523. The van der Waals surface area contributed by atoms with E-state index in [0.29, 0.717) is 13.1 Å². The van der Waals surface area contributed by atoms with Gasteiger partial charge >= 0.3 is 0 Å². The van der Waals surface area contributed by atoms with Gasteiger partial charge in [-0.05, 0) is 38.1 Å². The van der Waals surface area contributed by atoms with Gasteiger partial charge in [-0.15, -0.1) is 24.0 Å². The third-order valence-corrected chi connectivity index (χ3v) is 4.19. The van der Waals surface area contributed by atoms with Crippen molar-refractivity contribution in [2.24, 2.45) is 4.99 Å². The van der Waals surface area contributed by atoms with Crippen molar-refractivity contribution in [3.8, 4) is 0 Å². The zero-order valence-electron chi connectivity index (χ0n) is 15.0. The molecule has 2 N–H and O–H groups in total. The van der Waals surface area contributed by atoms with Crippen LogP contribution in [0.3, 0.4) is 0 Å². The number of aliphatic imine (C=N–C) groups is 1. The molecule has 1 atom stereocenters. The van der Waals surface area contributed by atoms with Gasteiger partial charge in [0.2, 0.25) is 0 Å². The lowest BCUT2D eigenvalue weighted by molar-refractivity contribution is 0.188. The molecule has 1 aliphatic rings. The number of rotatable bonds is 6. The number of aliphatic hydroxyl groups excluding tert-OH is 1. The number of nitrogens with one attached hydrogen (secondary N) is 1. The summed E-state index contributed by atoms with van der Waals surface area (Å²) in [5.74, 6) is 0.903. The molecule has 0 saturated carbocycles. The van der Waals surface area contributed by atoms with Gasteiger partial charge in [-0.2, -0.15) is 0 Å². The molecule has 0 spiro atoms. The van der Waals surface area contributed by atoms with Crippen molar-refractivity contribution in [1.82, 2.24) is 15.1 Å². The minimum absolute atomic E-state index is 0. The van der Waals surface area contributed by atoms with Crippen LogP contribution in [0.1, 0.15) is 31.4 Å². The van der Waals surface area contributed by atoms with Gasteiger partial charge in [-0.25, -0.2) is 4.99 Å². The summed E-state index contributed by atoms with van der Waals surface area (Å²) in [4.78, 5) is 9.18. The fourth-order valence-electron chi connectivity index (χ4n) is 2.78. The van der Waals surface area contributed by atoms with Crippen molar-refractivity contribution in [2.75, 3.05) is 33.2 Å². The maximum atomic E-state index is 9.72. The largest absolute Gasteiger partial charge is 0.391 e. The van der Waals surface area contributed by atoms with Crippen LogP contribution in [0.4, 0.5) is 0 Å². The number of halogens is 1. The normalized spacial score (nSPS) is 18.0. The Morgan fingerprint density at radius 1 is 1.38 bits per heavy atom. The molecular weight excluding hydrogens is 415 g/mol. The first-order chi connectivity index (χ1) is 11.1. The van der Waals surface area contributed by atoms with E-state index in [2.05, 4.69) is 60.3 Å². The van der Waals surface area contributed by atoms with Gasteiger partial charge in [-0.1, -0.05) is 31.2 Å². The Morgan fingerprint density at radius 3 is 2.75 bits per heavy atom. The maximum Gasteiger partial charge on any atom is 0.194 e. The Morgan fingerprint density at radius 2 is 2.12 bits per heavy atom. The Balaban J connectivity index is 0.00000288. The van der Waals surface area contributed by atoms with E-state index in [0.717, 1.165) is 38.6 Å². The first-order valence-electron chi connectivity index (χ1n) is 8.60. The third-order valence-electron chi connectivity index (χ3n) is 4.19. The molecular formula is C18H31IN4O. The van der Waals surface area contributed by atoms with Crippen LogP contribution in [-0.2, 0) is 13.1 Å². The molecule has 1 aromatic carbocycles. The van der Waals surface area contributed by atoms with E-state index in [9.17, 15) is 5.11 Å². The fraction of sp³-hybridized carbons (Fsp3) is 0.611. The van der Waals surface area contributed by atoms with Gasteiger partial charge in [-0.3, -0.25) is 0 Å². The molecule has 1 aliphatic heterocycles. The van der Waals surface area contributed by atoms with Crippen molar-refractivity contribution in [1.29, 1.82) is 0 Å². The summed E-state index contributed by atoms with van der Waals surface area (Å²) in [5.41, 5.74) is 2.55. The van der Waals surface area contributed by atoms with Crippen LogP contribution in [0.2, 0.25) is 0 Å². The average molecular weight is 446 g/mol. The summed E-state index contributed by atoms with van der Waals surface area (Å²) in [5, 5.41) is 13.0. The van der Waals surface area contributed by atoms with E-state index in [-0.39, 0.29) is 30.1 Å². The predicted octanol–water partition coefficient (Wildman–Crippen LogP) is 2.29. The van der Waals surface area contributed by atoms with Gasteiger partial charge in [0.1, 0.15) is 0 Å². The third kappa shape index (κ3) is 6.57. The van der Waals surface area contributed by atoms with Crippen LogP contribution in [-0.4, -0.2) is 60.2 Å². The minimum atomic E-state index is -0.230. The second-order valence-corrected chi connectivity index (χ2v) is 6.21. The number of likely N-dealkylation sites (tertiary alicyclic amines) is 1. The molecule has 1 aromatic rings. The zero-order valence-corrected chi connectivity index (χ0v) is 17.4. The minimum Gasteiger partial charge on any atom is -0.391 e. The van der Waals surface area contributed by atoms with Crippen LogP contribution in [0.15, 0.2) is 29.3 Å². The van der Waals surface area contributed by atoms with Gasteiger partial charge in [0.25, 0.3) is 0 Å². The van der Waals surface area contributed by atoms with Crippen molar-refractivity contribution in [3.63, 3.8) is 0 Å². The van der Waals surface area contributed by atoms with Crippen LogP contribution in [0.25, 0.3) is 0 Å². The number of hydrogen-bond donors (Lipinski definition) is 2. The molecule has 2 rings (SSSR count). The summed E-state index contributed by atoms with van der Waals surface area (Å²) in [7, 11) is 2.13. The van der Waals surface area contributed by atoms with Crippen molar-refractivity contribution < 1.29 is 5.11 Å². The van der Waals surface area contributed by atoms with Crippen LogP contribution in [0.5, 0.6) is 0 Å². The summed E-state index contributed by atoms with van der Waals surface area (Å²) in [6.07, 6.45) is 0.593. The van der Waals surface area contributed by atoms with Crippen LogP contribution in [0, 0.1) is 0 Å². The molecule has 0 unspecified atom stereocenters. The number of hydrogen-bond acceptors (Lipinski definition) is 3. The highest BCUT2D eigenvalue weighted by Gasteiger charge is 2.22. The lowest BCUT2D eigenvalue weighted by Crippen LogP contribution is -2.40. The molecule has 1 fully saturated rings. The van der Waals surface area contributed by atoms with Crippen LogP contribution < -0.4 is 5.32 Å². The van der Waals surface area contributed by atoms with Crippen molar-refractivity contribution in [2.45, 2.75) is 39.5 Å². The molecule has 0 aromatic heterocycles. The van der Waals surface area contributed by atoms with E-state index in [4.69, 9.17) is 4.99 Å². The second-order valence-electron chi connectivity index (χ2n) is 6.21. The number of guanidine groups is 1. The molecule has 1 saturated heterocycles. The summed E-state index contributed by atoms with van der Waals surface area (Å²) in [6.45, 7) is 9.30. The monoisotopic (exact) mass is 446 g/mol. The number of benzene rings is 1. The Kier molecular flexibility index (Phi) is 9.61. The van der Waals surface area contributed by atoms with Crippen LogP contribution >= 0.6 is 24.0 Å². The smallest absolute Gasteiger partial charge is 0.194 e. The lowest BCUT2D eigenvalue weighted by atomic mass is 10.1. The van der Waals surface area contributed by atoms with Gasteiger partial charge in [0.05, 0.1) is 12.6 Å². The average Bonchev–Trinajstić information content (AvgIpc) is 2.98. The molecule has 136 valence electrons. The summed E-state index contributed by atoms with van der Waals surface area (Å²) >= 11 is 0. The molecule has 0 aliphatic carbocycles. The molecule has 5 nitrogen and oxygen atoms in total. The molecule has 0 bridgehead atoms. The lowest BCUT2D eigenvalue weighted by Gasteiger charge is -2.21. The van der Waals surface area contributed by atoms with E-state index in [1.807, 2.05) is 0 Å². The quantitative estimate of drug-likeness (QED) is 0.400. The summed E-state index contributed by atoms with van der Waals surface area (Å²) < 4.78 is 0. The highest BCUT2D eigenvalue weighted by atomic mass is 127. The van der Waals surface area contributed by atoms with E-state index < -0.39 is 0 Å². The maximum absolute atomic E-state index is 9.72. The van der Waals surface area contributed by atoms with Crippen molar-refractivity contribution in [3.05, 3.63) is 35.4 Å². The number of nitrogens with zero attached hydrogens (tertiary/aromatic N) is 3. The standard InChI is InChI=1S/C18H30N4O.HI/c1-4-19-18(22-10-9-17(23)14-22)20-12-15-7-6-8-16(11-15)13-21(3)5-2;/h6-8,11,17,23H,4-5,9-10,12-14H2,1-3H3,(H,19,20);1H/t17-;/m1./s1. The zero-order chi connectivity index (χ0) is 16.7. The number of aliphatic hydroxyl groups is 1. The highest BCUT2D eigenvalue weighted by molar-refractivity contribution is 14.0. The first kappa shape index (κ1) is 21.2. The van der Waals surface area contributed by atoms with E-state index in [1.165, 1.54) is 11.1 Å². The predicted molar refractivity (Wildman–Crippen MR) is 111 cm³/mol. The van der Waals surface area contributed by atoms with Crippen molar-refractivity contribution >= 4 is 29.9 Å². The first-order valence-corrected chi connectivity index (χ1v) is 8.60. The van der Waals surface area contributed by atoms with Gasteiger partial charge in [0, 0.05) is 26.2 Å². The van der Waals surface area contributed by atoms with E-state index in [1.54, 1.807) is 0 Å². The topological polar surface area (TPSA) is 51.1 Å². The molecule has 6 heteroatoms. The molecule has 0 radical (unpaired) electrons. The van der Waals surface area contributed by atoms with Gasteiger partial charge in [0.15, 0.2) is 5.96 Å². The SMILES string of the molecule is CCNC(=NCc1cccc(CN(C)CC)c1)N1CC[C@@H](O)C1.I. The summed E-state index contributed by atoms with van der Waals surface area (Å²) in [6, 6.07) is 8.64. The Labute approximate surface area is 163 Å². The second kappa shape index (κ2) is 10.9.